The Balaban J connectivity index is 2.68. The first-order valence-corrected chi connectivity index (χ1v) is 6.19. The summed E-state index contributed by atoms with van der Waals surface area (Å²) in [7, 11) is 1.66. The van der Waals surface area contributed by atoms with Crippen molar-refractivity contribution in [2.75, 3.05) is 24.4 Å². The SMILES string of the molecule is CCOC(=O)Cc1ccc(N(C)C(=O)CCl)cc1. The zero-order chi connectivity index (χ0) is 13.5. The summed E-state index contributed by atoms with van der Waals surface area (Å²) < 4.78 is 4.86. The van der Waals surface area contributed by atoms with E-state index in [1.807, 2.05) is 0 Å². The van der Waals surface area contributed by atoms with Crippen LogP contribution >= 0.6 is 11.6 Å². The van der Waals surface area contributed by atoms with Gasteiger partial charge in [0.25, 0.3) is 0 Å². The van der Waals surface area contributed by atoms with Crippen molar-refractivity contribution in [2.45, 2.75) is 13.3 Å². The Morgan fingerprint density at radius 3 is 2.39 bits per heavy atom. The van der Waals surface area contributed by atoms with E-state index < -0.39 is 0 Å². The lowest BCUT2D eigenvalue weighted by Crippen LogP contribution is -2.27. The second kappa shape index (κ2) is 7.01. The molecule has 98 valence electrons. The largest absolute Gasteiger partial charge is 0.466 e. The monoisotopic (exact) mass is 269 g/mol. The Morgan fingerprint density at radius 2 is 1.89 bits per heavy atom. The Labute approximate surface area is 111 Å². The molecule has 0 fully saturated rings. The van der Waals surface area contributed by atoms with Gasteiger partial charge in [0.1, 0.15) is 5.88 Å². The number of ether oxygens (including phenoxy) is 1. The van der Waals surface area contributed by atoms with Gasteiger partial charge in [0.05, 0.1) is 13.0 Å². The fourth-order valence-corrected chi connectivity index (χ4v) is 1.63. The lowest BCUT2D eigenvalue weighted by molar-refractivity contribution is -0.142. The highest BCUT2D eigenvalue weighted by Crippen LogP contribution is 2.15. The smallest absolute Gasteiger partial charge is 0.310 e. The van der Waals surface area contributed by atoms with E-state index in [9.17, 15) is 9.59 Å². The summed E-state index contributed by atoms with van der Waals surface area (Å²) >= 11 is 5.48. The van der Waals surface area contributed by atoms with E-state index in [1.54, 1.807) is 38.2 Å². The average Bonchev–Trinajstić information content (AvgIpc) is 2.38. The third kappa shape index (κ3) is 4.04. The number of benzene rings is 1. The van der Waals surface area contributed by atoms with Crippen molar-refractivity contribution < 1.29 is 14.3 Å². The molecular weight excluding hydrogens is 254 g/mol. The number of halogens is 1. The molecule has 0 aliphatic carbocycles. The minimum Gasteiger partial charge on any atom is -0.466 e. The Morgan fingerprint density at radius 1 is 1.28 bits per heavy atom. The highest BCUT2D eigenvalue weighted by Gasteiger charge is 2.10. The Hall–Kier alpha value is -1.55. The fraction of sp³-hybridized carbons (Fsp3) is 0.385. The second-order valence-electron chi connectivity index (χ2n) is 3.73. The molecule has 1 aromatic carbocycles. The summed E-state index contributed by atoms with van der Waals surface area (Å²) in [6, 6.07) is 7.15. The summed E-state index contributed by atoms with van der Waals surface area (Å²) in [6.07, 6.45) is 0.237. The van der Waals surface area contributed by atoms with E-state index in [1.165, 1.54) is 4.90 Å². The molecule has 0 saturated heterocycles. The van der Waals surface area contributed by atoms with Gasteiger partial charge in [0.2, 0.25) is 5.91 Å². The normalized spacial score (nSPS) is 9.94. The predicted octanol–water partition coefficient (Wildman–Crippen LogP) is 1.99. The molecule has 4 nitrogen and oxygen atoms in total. The van der Waals surface area contributed by atoms with Gasteiger partial charge in [-0.2, -0.15) is 0 Å². The zero-order valence-corrected chi connectivity index (χ0v) is 11.2. The zero-order valence-electron chi connectivity index (χ0n) is 10.5. The summed E-state index contributed by atoms with van der Waals surface area (Å²) in [5.41, 5.74) is 1.59. The number of hydrogen-bond donors (Lipinski definition) is 0. The number of carbonyl (C=O) groups excluding carboxylic acids is 2. The minimum absolute atomic E-state index is 0.0545. The second-order valence-corrected chi connectivity index (χ2v) is 4.00. The Kier molecular flexibility index (Phi) is 5.65. The van der Waals surface area contributed by atoms with Crippen LogP contribution < -0.4 is 4.90 Å². The molecule has 0 aliphatic rings. The van der Waals surface area contributed by atoms with E-state index in [0.717, 1.165) is 11.3 Å². The molecule has 0 aromatic heterocycles. The summed E-state index contributed by atoms with van der Waals surface area (Å²) in [5, 5.41) is 0. The average molecular weight is 270 g/mol. The standard InChI is InChI=1S/C13H16ClNO3/c1-3-18-13(17)8-10-4-6-11(7-5-10)15(2)12(16)9-14/h4-7H,3,8-9H2,1-2H3. The molecule has 1 amide bonds. The number of carbonyl (C=O) groups is 2. The molecule has 0 spiro atoms. The maximum absolute atomic E-state index is 11.4. The van der Waals surface area contributed by atoms with E-state index >= 15 is 0 Å². The van der Waals surface area contributed by atoms with Crippen molar-refractivity contribution in [2.24, 2.45) is 0 Å². The van der Waals surface area contributed by atoms with Crippen molar-refractivity contribution in [3.8, 4) is 0 Å². The molecule has 0 radical (unpaired) electrons. The van der Waals surface area contributed by atoms with Crippen molar-refractivity contribution in [1.29, 1.82) is 0 Å². The molecule has 1 rings (SSSR count). The molecule has 0 unspecified atom stereocenters. The maximum Gasteiger partial charge on any atom is 0.310 e. The van der Waals surface area contributed by atoms with Crippen LogP contribution in [0.25, 0.3) is 0 Å². The molecule has 5 heteroatoms. The van der Waals surface area contributed by atoms with Crippen LogP contribution in [0.2, 0.25) is 0 Å². The van der Waals surface area contributed by atoms with Crippen molar-refractivity contribution in [3.63, 3.8) is 0 Å². The molecule has 0 atom stereocenters. The van der Waals surface area contributed by atoms with E-state index in [0.29, 0.717) is 6.61 Å². The van der Waals surface area contributed by atoms with Crippen LogP contribution in [0, 0.1) is 0 Å². The van der Waals surface area contributed by atoms with Gasteiger partial charge in [0, 0.05) is 12.7 Å². The van der Waals surface area contributed by atoms with Gasteiger partial charge in [-0.3, -0.25) is 9.59 Å². The molecule has 0 aliphatic heterocycles. The van der Waals surface area contributed by atoms with E-state index in [2.05, 4.69) is 0 Å². The molecule has 0 saturated carbocycles. The van der Waals surface area contributed by atoms with Crippen molar-refractivity contribution in [3.05, 3.63) is 29.8 Å². The number of hydrogen-bond acceptors (Lipinski definition) is 3. The number of alkyl halides is 1. The molecule has 0 N–H and O–H groups in total. The first kappa shape index (κ1) is 14.5. The predicted molar refractivity (Wildman–Crippen MR) is 70.9 cm³/mol. The van der Waals surface area contributed by atoms with Gasteiger partial charge in [-0.05, 0) is 24.6 Å². The van der Waals surface area contributed by atoms with Gasteiger partial charge >= 0.3 is 5.97 Å². The molecule has 0 bridgehead atoms. The molecule has 1 aromatic rings. The highest BCUT2D eigenvalue weighted by atomic mass is 35.5. The van der Waals surface area contributed by atoms with Gasteiger partial charge in [-0.15, -0.1) is 11.6 Å². The van der Waals surface area contributed by atoms with E-state index in [-0.39, 0.29) is 24.2 Å². The first-order valence-electron chi connectivity index (χ1n) is 5.65. The van der Waals surface area contributed by atoms with Crippen LogP contribution in [0.15, 0.2) is 24.3 Å². The van der Waals surface area contributed by atoms with Crippen LogP contribution in [-0.4, -0.2) is 31.4 Å². The third-order valence-corrected chi connectivity index (χ3v) is 2.69. The first-order chi connectivity index (χ1) is 8.58. The maximum atomic E-state index is 11.4. The number of rotatable bonds is 5. The fourth-order valence-electron chi connectivity index (χ4n) is 1.45. The van der Waals surface area contributed by atoms with Gasteiger partial charge in [0.15, 0.2) is 0 Å². The van der Waals surface area contributed by atoms with Gasteiger partial charge in [-0.25, -0.2) is 0 Å². The van der Waals surface area contributed by atoms with Crippen molar-refractivity contribution in [1.82, 2.24) is 0 Å². The third-order valence-electron chi connectivity index (χ3n) is 2.47. The van der Waals surface area contributed by atoms with Crippen LogP contribution in [0.4, 0.5) is 5.69 Å². The summed E-state index contributed by atoms with van der Waals surface area (Å²) in [6.45, 7) is 2.15. The van der Waals surface area contributed by atoms with E-state index in [4.69, 9.17) is 16.3 Å². The van der Waals surface area contributed by atoms with Gasteiger partial charge in [-0.1, -0.05) is 12.1 Å². The Bertz CT molecular complexity index is 417. The lowest BCUT2D eigenvalue weighted by Gasteiger charge is -2.16. The van der Waals surface area contributed by atoms with Gasteiger partial charge < -0.3 is 9.64 Å². The number of anilines is 1. The topological polar surface area (TPSA) is 46.6 Å². The van der Waals surface area contributed by atoms with Crippen LogP contribution in [0.5, 0.6) is 0 Å². The number of nitrogens with zero attached hydrogens (tertiary/aromatic N) is 1. The summed E-state index contributed by atoms with van der Waals surface area (Å²) in [4.78, 5) is 24.1. The number of amides is 1. The summed E-state index contributed by atoms with van der Waals surface area (Å²) in [5.74, 6) is -0.480. The molecular formula is C13H16ClNO3. The quantitative estimate of drug-likeness (QED) is 0.607. The van der Waals surface area contributed by atoms with Crippen LogP contribution in [-0.2, 0) is 20.7 Å². The van der Waals surface area contributed by atoms with Crippen LogP contribution in [0.3, 0.4) is 0 Å². The lowest BCUT2D eigenvalue weighted by atomic mass is 10.1. The van der Waals surface area contributed by atoms with Crippen LogP contribution in [0.1, 0.15) is 12.5 Å². The van der Waals surface area contributed by atoms with Crippen molar-refractivity contribution >= 4 is 29.2 Å². The molecule has 0 heterocycles. The minimum atomic E-state index is -0.254. The highest BCUT2D eigenvalue weighted by molar-refractivity contribution is 6.29. The molecule has 18 heavy (non-hydrogen) atoms. The number of esters is 1.